The van der Waals surface area contributed by atoms with Crippen LogP contribution in [-0.4, -0.2) is 47.6 Å². The molecule has 0 amide bonds. The topological polar surface area (TPSA) is 90.9 Å². The maximum atomic E-state index is 10.4. The molecular weight excluding hydrogens is 380 g/mol. The summed E-state index contributed by atoms with van der Waals surface area (Å²) in [5, 5.41) is 14.6. The van der Waals surface area contributed by atoms with E-state index in [0.717, 1.165) is 52.9 Å². The number of rotatable bonds is 4. The highest BCUT2D eigenvalue weighted by Gasteiger charge is 2.29. The van der Waals surface area contributed by atoms with Crippen LogP contribution in [0.3, 0.4) is 0 Å². The molecule has 5 rings (SSSR count). The second-order valence-electron chi connectivity index (χ2n) is 7.79. The summed E-state index contributed by atoms with van der Waals surface area (Å²) in [4.78, 5) is 14.4. The van der Waals surface area contributed by atoms with Gasteiger partial charge in [0.25, 0.3) is 0 Å². The lowest BCUT2D eigenvalue weighted by molar-refractivity contribution is 0.138. The summed E-state index contributed by atoms with van der Waals surface area (Å²) in [7, 11) is 1.60. The van der Waals surface area contributed by atoms with E-state index in [1.807, 2.05) is 38.2 Å². The number of pyridine rings is 1. The highest BCUT2D eigenvalue weighted by molar-refractivity contribution is 5.81. The molecule has 154 valence electrons. The fourth-order valence-electron chi connectivity index (χ4n) is 4.33. The zero-order chi connectivity index (χ0) is 20.8. The summed E-state index contributed by atoms with van der Waals surface area (Å²) in [6.07, 6.45) is 8.09. The summed E-state index contributed by atoms with van der Waals surface area (Å²) in [5.74, 6) is 1.15. The lowest BCUT2D eigenvalue weighted by atomic mass is 10.1. The minimum Gasteiger partial charge on any atom is -0.480 e. The van der Waals surface area contributed by atoms with Gasteiger partial charge in [-0.05, 0) is 56.9 Å². The van der Waals surface area contributed by atoms with Crippen molar-refractivity contribution in [3.05, 3.63) is 48.0 Å². The van der Waals surface area contributed by atoms with Crippen LogP contribution in [0.5, 0.6) is 5.88 Å². The number of hydrogen-bond acceptors (Lipinski definition) is 6. The van der Waals surface area contributed by atoms with Crippen molar-refractivity contribution in [2.24, 2.45) is 0 Å². The summed E-state index contributed by atoms with van der Waals surface area (Å²) in [6.45, 7) is 3.98. The lowest BCUT2D eigenvalue weighted by Gasteiger charge is -2.18. The standard InChI is InChI=1S/C22H24N6O2/c1-13-12-27(16-6-4-7-17(16)29)21-19(13)26-20(14(2)24-21)15-8-9-18(25-22(15)30-3)28-11-5-10-23-28/h5,8-12,16-17,29H,4,6-7H2,1-3H3/t16-,17-/m1/s1. The molecule has 0 spiro atoms. The molecule has 0 aromatic carbocycles. The van der Waals surface area contributed by atoms with Gasteiger partial charge in [-0.15, -0.1) is 0 Å². The Bertz CT molecular complexity index is 1210. The molecule has 8 heteroatoms. The van der Waals surface area contributed by atoms with Gasteiger partial charge in [0.2, 0.25) is 5.88 Å². The van der Waals surface area contributed by atoms with Gasteiger partial charge >= 0.3 is 0 Å². The van der Waals surface area contributed by atoms with Crippen LogP contribution in [0.4, 0.5) is 0 Å². The van der Waals surface area contributed by atoms with Crippen molar-refractivity contribution in [2.45, 2.75) is 45.3 Å². The van der Waals surface area contributed by atoms with Gasteiger partial charge in [-0.1, -0.05) is 0 Å². The van der Waals surface area contributed by atoms with Crippen molar-refractivity contribution >= 4 is 11.2 Å². The first-order chi connectivity index (χ1) is 14.6. The molecular formula is C22H24N6O2. The number of nitrogens with zero attached hydrogens (tertiary/aromatic N) is 6. The molecule has 8 nitrogen and oxygen atoms in total. The van der Waals surface area contributed by atoms with E-state index in [9.17, 15) is 5.11 Å². The molecule has 2 atom stereocenters. The second kappa shape index (κ2) is 7.21. The lowest BCUT2D eigenvalue weighted by Crippen LogP contribution is -2.18. The minimum atomic E-state index is -0.332. The molecule has 0 radical (unpaired) electrons. The van der Waals surface area contributed by atoms with E-state index >= 15 is 0 Å². The van der Waals surface area contributed by atoms with E-state index in [2.05, 4.69) is 20.8 Å². The molecule has 1 N–H and O–H groups in total. The van der Waals surface area contributed by atoms with Crippen LogP contribution in [0.25, 0.3) is 28.2 Å². The summed E-state index contributed by atoms with van der Waals surface area (Å²) >= 11 is 0. The van der Waals surface area contributed by atoms with E-state index < -0.39 is 0 Å². The van der Waals surface area contributed by atoms with Crippen LogP contribution in [0.1, 0.15) is 36.6 Å². The summed E-state index contributed by atoms with van der Waals surface area (Å²) in [6, 6.07) is 5.74. The Hall–Kier alpha value is -3.26. The van der Waals surface area contributed by atoms with E-state index in [1.165, 1.54) is 0 Å². The third-order valence-electron chi connectivity index (χ3n) is 5.84. The molecule has 0 aliphatic heterocycles. The third-order valence-corrected chi connectivity index (χ3v) is 5.84. The molecule has 30 heavy (non-hydrogen) atoms. The van der Waals surface area contributed by atoms with Gasteiger partial charge in [-0.25, -0.2) is 14.6 Å². The number of aromatic nitrogens is 6. The maximum Gasteiger partial charge on any atom is 0.224 e. The number of aryl methyl sites for hydroxylation is 2. The molecule has 1 saturated carbocycles. The van der Waals surface area contributed by atoms with Crippen molar-refractivity contribution in [3.8, 4) is 23.0 Å². The Labute approximate surface area is 174 Å². The fraction of sp³-hybridized carbons (Fsp3) is 0.364. The number of hydrogen-bond donors (Lipinski definition) is 1. The first kappa shape index (κ1) is 18.7. The van der Waals surface area contributed by atoms with E-state index in [-0.39, 0.29) is 12.1 Å². The molecule has 4 heterocycles. The molecule has 0 bridgehead atoms. The Morgan fingerprint density at radius 2 is 2.00 bits per heavy atom. The predicted octanol–water partition coefficient (Wildman–Crippen LogP) is 3.39. The summed E-state index contributed by atoms with van der Waals surface area (Å²) < 4.78 is 9.36. The Kier molecular flexibility index (Phi) is 4.51. The zero-order valence-corrected chi connectivity index (χ0v) is 17.3. The zero-order valence-electron chi connectivity index (χ0n) is 17.3. The summed E-state index contributed by atoms with van der Waals surface area (Å²) in [5.41, 5.74) is 5.02. The molecule has 1 aliphatic carbocycles. The van der Waals surface area contributed by atoms with Crippen LogP contribution in [0, 0.1) is 13.8 Å². The van der Waals surface area contributed by atoms with Gasteiger partial charge in [-0.3, -0.25) is 0 Å². The van der Waals surface area contributed by atoms with Crippen LogP contribution >= 0.6 is 0 Å². The van der Waals surface area contributed by atoms with E-state index in [1.54, 1.807) is 18.0 Å². The quantitative estimate of drug-likeness (QED) is 0.561. The molecule has 1 aliphatic rings. The Morgan fingerprint density at radius 3 is 2.70 bits per heavy atom. The fourth-order valence-corrected chi connectivity index (χ4v) is 4.33. The second-order valence-corrected chi connectivity index (χ2v) is 7.79. The smallest absolute Gasteiger partial charge is 0.224 e. The van der Waals surface area contributed by atoms with Crippen LogP contribution in [-0.2, 0) is 0 Å². The highest BCUT2D eigenvalue weighted by Crippen LogP contribution is 2.36. The van der Waals surface area contributed by atoms with Crippen molar-refractivity contribution in [1.82, 2.24) is 29.3 Å². The number of aliphatic hydroxyl groups excluding tert-OH is 1. The van der Waals surface area contributed by atoms with Crippen molar-refractivity contribution < 1.29 is 9.84 Å². The van der Waals surface area contributed by atoms with Crippen molar-refractivity contribution in [1.29, 1.82) is 0 Å². The average molecular weight is 404 g/mol. The van der Waals surface area contributed by atoms with Crippen LogP contribution in [0.2, 0.25) is 0 Å². The van der Waals surface area contributed by atoms with Gasteiger partial charge in [0.1, 0.15) is 5.52 Å². The van der Waals surface area contributed by atoms with Gasteiger partial charge < -0.3 is 14.4 Å². The van der Waals surface area contributed by atoms with Crippen molar-refractivity contribution in [2.75, 3.05) is 7.11 Å². The van der Waals surface area contributed by atoms with E-state index in [4.69, 9.17) is 14.7 Å². The highest BCUT2D eigenvalue weighted by atomic mass is 16.5. The van der Waals surface area contributed by atoms with Crippen LogP contribution < -0.4 is 4.74 Å². The number of ether oxygens (including phenoxy) is 1. The molecule has 0 unspecified atom stereocenters. The predicted molar refractivity (Wildman–Crippen MR) is 113 cm³/mol. The van der Waals surface area contributed by atoms with Crippen molar-refractivity contribution in [3.63, 3.8) is 0 Å². The molecule has 4 aromatic heterocycles. The van der Waals surface area contributed by atoms with Gasteiger partial charge in [0.05, 0.1) is 36.2 Å². The largest absolute Gasteiger partial charge is 0.480 e. The number of aliphatic hydroxyl groups is 1. The molecule has 0 saturated heterocycles. The van der Waals surface area contributed by atoms with Crippen LogP contribution in [0.15, 0.2) is 36.8 Å². The van der Waals surface area contributed by atoms with Gasteiger partial charge in [-0.2, -0.15) is 10.1 Å². The average Bonchev–Trinajstić information content (AvgIpc) is 3.48. The van der Waals surface area contributed by atoms with Gasteiger partial charge in [0.15, 0.2) is 11.5 Å². The van der Waals surface area contributed by atoms with Gasteiger partial charge in [0, 0.05) is 18.6 Å². The maximum absolute atomic E-state index is 10.4. The first-order valence-electron chi connectivity index (χ1n) is 10.2. The normalized spacial score (nSPS) is 18.9. The monoisotopic (exact) mass is 404 g/mol. The molecule has 4 aromatic rings. The minimum absolute atomic E-state index is 0.0605. The Morgan fingerprint density at radius 1 is 1.13 bits per heavy atom. The third kappa shape index (κ3) is 2.95. The number of methoxy groups -OCH3 is 1. The number of fused-ring (bicyclic) bond motifs is 1. The molecule has 1 fully saturated rings. The first-order valence-corrected chi connectivity index (χ1v) is 10.2. The SMILES string of the molecule is COc1nc(-n2cccn2)ccc1-c1nc2c(C)cn([C@@H]3CCC[C@H]3O)c2nc1C. The Balaban J connectivity index is 1.63. The van der Waals surface area contributed by atoms with E-state index in [0.29, 0.717) is 11.7 Å².